The van der Waals surface area contributed by atoms with Crippen LogP contribution in [0.25, 0.3) is 0 Å². The third-order valence-corrected chi connectivity index (χ3v) is 5.93. The summed E-state index contributed by atoms with van der Waals surface area (Å²) in [5.74, 6) is -0.0509. The number of carbonyl (C=O) groups excluding carboxylic acids is 3. The number of nitrogens with zero attached hydrogens (tertiary/aromatic N) is 1. The van der Waals surface area contributed by atoms with Gasteiger partial charge in [-0.15, -0.1) is 0 Å². The molecule has 0 radical (unpaired) electrons. The average Bonchev–Trinajstić information content (AvgIpc) is 3.46. The molecular weight excluding hydrogens is 452 g/mol. The number of rotatable bonds is 6. The molecule has 0 spiro atoms. The third-order valence-electron chi connectivity index (χ3n) is 5.93. The fourth-order valence-corrected chi connectivity index (χ4v) is 4.27. The normalized spacial score (nSPS) is 15.5. The summed E-state index contributed by atoms with van der Waals surface area (Å²) < 4.78 is 20.5. The Morgan fingerprint density at radius 1 is 0.943 bits per heavy atom. The maximum absolute atomic E-state index is 13.4. The molecule has 0 saturated carbocycles. The van der Waals surface area contributed by atoms with E-state index in [2.05, 4.69) is 5.32 Å². The molecule has 9 nitrogen and oxygen atoms in total. The number of benzene rings is 3. The van der Waals surface area contributed by atoms with Crippen molar-refractivity contribution in [3.63, 3.8) is 0 Å². The molecule has 1 N–H and O–H groups in total. The van der Waals surface area contributed by atoms with Crippen LogP contribution in [0.4, 0.5) is 5.69 Å². The van der Waals surface area contributed by atoms with E-state index < -0.39 is 18.1 Å². The first-order valence-corrected chi connectivity index (χ1v) is 10.8. The van der Waals surface area contributed by atoms with Gasteiger partial charge >= 0.3 is 11.9 Å². The second-order valence-electron chi connectivity index (χ2n) is 8.04. The number of anilines is 1. The minimum Gasteiger partial charge on any atom is -0.465 e. The van der Waals surface area contributed by atoms with Crippen LogP contribution in [0.15, 0.2) is 60.7 Å². The summed E-state index contributed by atoms with van der Waals surface area (Å²) in [5.41, 5.74) is 3.03. The Balaban J connectivity index is 1.51. The highest BCUT2D eigenvalue weighted by molar-refractivity contribution is 6.00. The summed E-state index contributed by atoms with van der Waals surface area (Å²) in [7, 11) is 2.53. The fourth-order valence-electron chi connectivity index (χ4n) is 4.27. The van der Waals surface area contributed by atoms with E-state index in [1.807, 2.05) is 36.4 Å². The molecule has 2 aliphatic rings. The highest BCUT2D eigenvalue weighted by Crippen LogP contribution is 2.38. The molecule has 3 aromatic carbocycles. The van der Waals surface area contributed by atoms with Gasteiger partial charge in [0.1, 0.15) is 6.17 Å². The summed E-state index contributed by atoms with van der Waals surface area (Å²) in [5, 5.41) is 3.32. The van der Waals surface area contributed by atoms with E-state index in [0.717, 1.165) is 11.1 Å². The fraction of sp³-hybridized carbons (Fsp3) is 0.192. The molecule has 2 aliphatic heterocycles. The van der Waals surface area contributed by atoms with Gasteiger partial charge in [0.15, 0.2) is 11.5 Å². The standard InChI is InChI=1S/C26H22N2O7/c1-32-25(30)16-10-17(26(31)33-2)12-18(11-16)27-23-19-5-3-4-6-20(19)24(29)28(23)13-15-7-8-21-22(9-15)35-14-34-21/h3-12,23,27H,13-14H2,1-2H3/t23-/m1/s1. The van der Waals surface area contributed by atoms with E-state index in [-0.39, 0.29) is 23.8 Å². The third kappa shape index (κ3) is 4.12. The Kier molecular flexibility index (Phi) is 5.74. The number of hydrogen-bond acceptors (Lipinski definition) is 8. The van der Waals surface area contributed by atoms with Gasteiger partial charge in [0.25, 0.3) is 5.91 Å². The van der Waals surface area contributed by atoms with Crippen molar-refractivity contribution in [1.29, 1.82) is 0 Å². The topological polar surface area (TPSA) is 103 Å². The van der Waals surface area contributed by atoms with Gasteiger partial charge in [-0.25, -0.2) is 9.59 Å². The highest BCUT2D eigenvalue weighted by Gasteiger charge is 2.37. The van der Waals surface area contributed by atoms with E-state index in [0.29, 0.717) is 29.3 Å². The highest BCUT2D eigenvalue weighted by atomic mass is 16.7. The van der Waals surface area contributed by atoms with Crippen LogP contribution in [0.5, 0.6) is 11.5 Å². The number of carbonyl (C=O) groups is 3. The number of esters is 2. The van der Waals surface area contributed by atoms with E-state index in [1.54, 1.807) is 23.1 Å². The van der Waals surface area contributed by atoms with Crippen LogP contribution in [0, 0.1) is 0 Å². The molecule has 0 aliphatic carbocycles. The molecule has 0 unspecified atom stereocenters. The van der Waals surface area contributed by atoms with Gasteiger partial charge in [-0.3, -0.25) is 4.79 Å². The molecule has 2 heterocycles. The second-order valence-corrected chi connectivity index (χ2v) is 8.04. The molecule has 178 valence electrons. The maximum atomic E-state index is 13.4. The first kappa shape index (κ1) is 22.3. The number of hydrogen-bond donors (Lipinski definition) is 1. The smallest absolute Gasteiger partial charge is 0.337 e. The maximum Gasteiger partial charge on any atom is 0.337 e. The van der Waals surface area contributed by atoms with Crippen LogP contribution >= 0.6 is 0 Å². The summed E-state index contributed by atoms with van der Waals surface area (Å²) in [6, 6.07) is 17.4. The molecular formula is C26H22N2O7. The Labute approximate surface area is 201 Å². The summed E-state index contributed by atoms with van der Waals surface area (Å²) >= 11 is 0. The van der Waals surface area contributed by atoms with E-state index in [4.69, 9.17) is 18.9 Å². The Hall–Kier alpha value is -4.53. The Morgan fingerprint density at radius 2 is 1.63 bits per heavy atom. The molecule has 0 aromatic heterocycles. The zero-order chi connectivity index (χ0) is 24.5. The van der Waals surface area contributed by atoms with Gasteiger partial charge in [-0.05, 0) is 42.0 Å². The number of fused-ring (bicyclic) bond motifs is 2. The summed E-state index contributed by atoms with van der Waals surface area (Å²) in [6.45, 7) is 0.457. The average molecular weight is 474 g/mol. The lowest BCUT2D eigenvalue weighted by Crippen LogP contribution is -2.32. The first-order valence-electron chi connectivity index (χ1n) is 10.8. The van der Waals surface area contributed by atoms with Crippen LogP contribution in [-0.4, -0.2) is 43.8 Å². The minimum absolute atomic E-state index is 0.145. The van der Waals surface area contributed by atoms with Crippen molar-refractivity contribution in [2.75, 3.05) is 26.3 Å². The lowest BCUT2D eigenvalue weighted by Gasteiger charge is -2.27. The van der Waals surface area contributed by atoms with Crippen LogP contribution in [-0.2, 0) is 16.0 Å². The monoisotopic (exact) mass is 474 g/mol. The minimum atomic E-state index is -0.598. The van der Waals surface area contributed by atoms with Crippen LogP contribution in [0.2, 0.25) is 0 Å². The van der Waals surface area contributed by atoms with Crippen LogP contribution in [0.1, 0.15) is 48.4 Å². The predicted octanol–water partition coefficient (Wildman–Crippen LogP) is 3.76. The Morgan fingerprint density at radius 3 is 2.34 bits per heavy atom. The molecule has 0 fully saturated rings. The number of ether oxygens (including phenoxy) is 4. The van der Waals surface area contributed by atoms with Gasteiger partial charge in [-0.1, -0.05) is 24.3 Å². The number of amides is 1. The van der Waals surface area contributed by atoms with E-state index >= 15 is 0 Å². The number of nitrogens with one attached hydrogen (secondary N) is 1. The van der Waals surface area contributed by atoms with Gasteiger partial charge in [-0.2, -0.15) is 0 Å². The lowest BCUT2D eigenvalue weighted by atomic mass is 10.1. The molecule has 5 rings (SSSR count). The first-order chi connectivity index (χ1) is 17.0. The SMILES string of the molecule is COC(=O)c1cc(N[C@H]2c3ccccc3C(=O)N2Cc2ccc3c(c2)OCO3)cc(C(=O)OC)c1. The molecule has 1 atom stereocenters. The van der Waals surface area contributed by atoms with E-state index in [1.165, 1.54) is 20.3 Å². The van der Waals surface area contributed by atoms with Crippen LogP contribution < -0.4 is 14.8 Å². The van der Waals surface area contributed by atoms with E-state index in [9.17, 15) is 14.4 Å². The largest absolute Gasteiger partial charge is 0.465 e. The quantitative estimate of drug-likeness (QED) is 0.539. The van der Waals surface area contributed by atoms with Gasteiger partial charge in [0, 0.05) is 23.4 Å². The number of methoxy groups -OCH3 is 2. The van der Waals surface area contributed by atoms with Gasteiger partial charge in [0.05, 0.1) is 25.3 Å². The van der Waals surface area contributed by atoms with Gasteiger partial charge in [0.2, 0.25) is 6.79 Å². The van der Waals surface area contributed by atoms with Crippen molar-refractivity contribution in [1.82, 2.24) is 4.90 Å². The van der Waals surface area contributed by atoms with Crippen molar-refractivity contribution >= 4 is 23.5 Å². The summed E-state index contributed by atoms with van der Waals surface area (Å²) in [6.07, 6.45) is -0.553. The zero-order valence-electron chi connectivity index (χ0n) is 19.1. The lowest BCUT2D eigenvalue weighted by molar-refractivity contribution is 0.0597. The molecule has 35 heavy (non-hydrogen) atoms. The molecule has 9 heteroatoms. The molecule has 1 amide bonds. The van der Waals surface area contributed by atoms with Crippen molar-refractivity contribution < 1.29 is 33.3 Å². The molecule has 3 aromatic rings. The van der Waals surface area contributed by atoms with Crippen molar-refractivity contribution in [3.05, 3.63) is 88.5 Å². The Bertz CT molecular complexity index is 1300. The zero-order valence-corrected chi connectivity index (χ0v) is 19.1. The predicted molar refractivity (Wildman–Crippen MR) is 124 cm³/mol. The van der Waals surface area contributed by atoms with Crippen LogP contribution in [0.3, 0.4) is 0 Å². The van der Waals surface area contributed by atoms with Crippen molar-refractivity contribution in [2.24, 2.45) is 0 Å². The van der Waals surface area contributed by atoms with Crippen molar-refractivity contribution in [3.8, 4) is 11.5 Å². The summed E-state index contributed by atoms with van der Waals surface area (Å²) in [4.78, 5) is 39.5. The second kappa shape index (κ2) is 9.02. The molecule has 0 saturated heterocycles. The molecule has 0 bridgehead atoms. The van der Waals surface area contributed by atoms with Crippen molar-refractivity contribution in [2.45, 2.75) is 12.7 Å². The van der Waals surface area contributed by atoms with Gasteiger partial charge < -0.3 is 29.2 Å².